The maximum atomic E-state index is 8.92. The van der Waals surface area contributed by atoms with Gasteiger partial charge in [0.2, 0.25) is 0 Å². The number of para-hydroxylation sites is 1. The average Bonchev–Trinajstić information content (AvgIpc) is 2.71. The standard InChI is InChI=1S/C22H18BBrNO2/c24-21-14-17-13-20(12-11-16(17)15-22(21)27-23-26)25(18-7-3-1-4-8-18)19-9-5-2-6-10-19/h1-9,11-15,19,26H,10H2. The second-order valence-electron chi connectivity index (χ2n) is 6.36. The molecular weight excluding hydrogens is 401 g/mol. The topological polar surface area (TPSA) is 32.7 Å². The summed E-state index contributed by atoms with van der Waals surface area (Å²) in [5, 5.41) is 11.1. The molecule has 1 N–H and O–H groups in total. The highest BCUT2D eigenvalue weighted by atomic mass is 79.9. The van der Waals surface area contributed by atoms with Crippen molar-refractivity contribution in [1.82, 2.24) is 0 Å². The molecule has 3 aromatic carbocycles. The van der Waals surface area contributed by atoms with Crippen LogP contribution in [-0.2, 0) is 0 Å². The number of halogens is 1. The Balaban J connectivity index is 1.79. The highest BCUT2D eigenvalue weighted by Crippen LogP contribution is 2.36. The van der Waals surface area contributed by atoms with Crippen LogP contribution in [0.25, 0.3) is 10.8 Å². The molecule has 0 heterocycles. The van der Waals surface area contributed by atoms with E-state index in [0.29, 0.717) is 13.4 Å². The summed E-state index contributed by atoms with van der Waals surface area (Å²) in [5.41, 5.74) is 2.30. The van der Waals surface area contributed by atoms with E-state index in [1.165, 1.54) is 0 Å². The Kier molecular flexibility index (Phi) is 5.32. The minimum Gasteiger partial charge on any atom is -0.537 e. The van der Waals surface area contributed by atoms with Crippen molar-refractivity contribution in [1.29, 1.82) is 0 Å². The van der Waals surface area contributed by atoms with E-state index in [4.69, 9.17) is 9.68 Å². The van der Waals surface area contributed by atoms with Crippen molar-refractivity contribution in [3.63, 3.8) is 0 Å². The molecule has 1 aliphatic rings. The quantitative estimate of drug-likeness (QED) is 0.553. The van der Waals surface area contributed by atoms with Gasteiger partial charge >= 0.3 is 7.69 Å². The van der Waals surface area contributed by atoms with E-state index in [-0.39, 0.29) is 6.04 Å². The average molecular weight is 419 g/mol. The largest absolute Gasteiger partial charge is 0.569 e. The molecule has 1 radical (unpaired) electrons. The SMILES string of the molecule is O[B]Oc1cc2ccc(N(c3ccccc3)C3C=CC=CC3)cc2cc1Br. The molecule has 0 fully saturated rings. The number of allylic oxidation sites excluding steroid dienone is 2. The van der Waals surface area contributed by atoms with Gasteiger partial charge in [-0.2, -0.15) is 0 Å². The van der Waals surface area contributed by atoms with Crippen LogP contribution < -0.4 is 9.55 Å². The molecule has 1 unspecified atom stereocenters. The number of hydrogen-bond acceptors (Lipinski definition) is 3. The molecule has 1 aliphatic carbocycles. The molecule has 0 aromatic heterocycles. The van der Waals surface area contributed by atoms with E-state index in [9.17, 15) is 0 Å². The summed E-state index contributed by atoms with van der Waals surface area (Å²) in [6.07, 6.45) is 9.61. The van der Waals surface area contributed by atoms with Crippen LogP contribution in [0.15, 0.2) is 89.4 Å². The number of fused-ring (bicyclic) bond motifs is 1. The lowest BCUT2D eigenvalue weighted by Gasteiger charge is -2.32. The Labute approximate surface area is 168 Å². The molecule has 0 aliphatic heterocycles. The molecule has 27 heavy (non-hydrogen) atoms. The van der Waals surface area contributed by atoms with Gasteiger partial charge in [-0.3, -0.25) is 0 Å². The van der Waals surface area contributed by atoms with Gasteiger partial charge in [0.1, 0.15) is 5.75 Å². The second kappa shape index (κ2) is 8.03. The maximum Gasteiger partial charge on any atom is 0.569 e. The Hall–Kier alpha value is -2.50. The van der Waals surface area contributed by atoms with Crippen molar-refractivity contribution in [2.75, 3.05) is 4.90 Å². The van der Waals surface area contributed by atoms with Crippen LogP contribution in [0.5, 0.6) is 5.75 Å². The summed E-state index contributed by atoms with van der Waals surface area (Å²) in [6.45, 7) is 0. The van der Waals surface area contributed by atoms with E-state index in [2.05, 4.69) is 87.6 Å². The van der Waals surface area contributed by atoms with Crippen molar-refractivity contribution in [2.45, 2.75) is 12.5 Å². The maximum absolute atomic E-state index is 8.92. The summed E-state index contributed by atoms with van der Waals surface area (Å²) in [4.78, 5) is 2.36. The molecule has 3 aromatic rings. The highest BCUT2D eigenvalue weighted by molar-refractivity contribution is 9.10. The second-order valence-corrected chi connectivity index (χ2v) is 7.21. The lowest BCUT2D eigenvalue weighted by atomic mass is 10.0. The van der Waals surface area contributed by atoms with Crippen molar-refractivity contribution >= 4 is 45.8 Å². The lowest BCUT2D eigenvalue weighted by Crippen LogP contribution is -2.29. The van der Waals surface area contributed by atoms with E-state index >= 15 is 0 Å². The predicted molar refractivity (Wildman–Crippen MR) is 116 cm³/mol. The van der Waals surface area contributed by atoms with Crippen LogP contribution in [0, 0.1) is 0 Å². The highest BCUT2D eigenvalue weighted by Gasteiger charge is 2.19. The third-order valence-electron chi connectivity index (χ3n) is 4.66. The number of benzene rings is 3. The van der Waals surface area contributed by atoms with Gasteiger partial charge in [0, 0.05) is 11.4 Å². The van der Waals surface area contributed by atoms with Crippen LogP contribution in [0.4, 0.5) is 11.4 Å². The molecular formula is C22H18BBrNO2. The van der Waals surface area contributed by atoms with Gasteiger partial charge in [-0.25, -0.2) is 0 Å². The van der Waals surface area contributed by atoms with E-state index in [1.54, 1.807) is 0 Å². The molecule has 0 amide bonds. The summed E-state index contributed by atoms with van der Waals surface area (Å²) in [6, 6.07) is 21.0. The van der Waals surface area contributed by atoms with E-state index < -0.39 is 0 Å². The van der Waals surface area contributed by atoms with Gasteiger partial charge in [0.25, 0.3) is 0 Å². The molecule has 5 heteroatoms. The third-order valence-corrected chi connectivity index (χ3v) is 5.28. The molecule has 0 saturated carbocycles. The number of rotatable bonds is 5. The fourth-order valence-electron chi connectivity index (χ4n) is 3.41. The van der Waals surface area contributed by atoms with Gasteiger partial charge < -0.3 is 14.6 Å². The van der Waals surface area contributed by atoms with Crippen LogP contribution in [-0.4, -0.2) is 18.8 Å². The Morgan fingerprint density at radius 1 is 0.963 bits per heavy atom. The molecule has 1 atom stereocenters. The zero-order chi connectivity index (χ0) is 18.6. The van der Waals surface area contributed by atoms with Gasteiger partial charge in [-0.1, -0.05) is 48.6 Å². The van der Waals surface area contributed by atoms with Crippen molar-refractivity contribution in [3.8, 4) is 5.75 Å². The normalized spacial score (nSPS) is 15.7. The Morgan fingerprint density at radius 3 is 2.56 bits per heavy atom. The van der Waals surface area contributed by atoms with Gasteiger partial charge in [-0.15, -0.1) is 0 Å². The molecule has 3 nitrogen and oxygen atoms in total. The Morgan fingerprint density at radius 2 is 1.81 bits per heavy atom. The predicted octanol–water partition coefficient (Wildman–Crippen LogP) is 5.53. The zero-order valence-corrected chi connectivity index (χ0v) is 16.2. The van der Waals surface area contributed by atoms with Crippen molar-refractivity contribution in [2.24, 2.45) is 0 Å². The zero-order valence-electron chi connectivity index (χ0n) is 14.6. The minimum absolute atomic E-state index is 0.268. The number of hydrogen-bond donors (Lipinski definition) is 1. The number of nitrogens with zero attached hydrogens (tertiary/aromatic N) is 1. The van der Waals surface area contributed by atoms with Gasteiger partial charge in [0.15, 0.2) is 0 Å². The van der Waals surface area contributed by atoms with Crippen LogP contribution in [0.3, 0.4) is 0 Å². The van der Waals surface area contributed by atoms with Gasteiger partial charge in [0.05, 0.1) is 10.5 Å². The first-order chi connectivity index (χ1) is 13.3. The smallest absolute Gasteiger partial charge is 0.537 e. The summed E-state index contributed by atoms with van der Waals surface area (Å²) in [5.74, 6) is 0.581. The van der Waals surface area contributed by atoms with Gasteiger partial charge in [-0.05, 0) is 69.5 Å². The third kappa shape index (κ3) is 3.80. The first kappa shape index (κ1) is 17.9. The first-order valence-electron chi connectivity index (χ1n) is 8.80. The fraction of sp³-hybridized carbons (Fsp3) is 0.0909. The molecule has 0 bridgehead atoms. The van der Waals surface area contributed by atoms with Crippen molar-refractivity contribution < 1.29 is 9.68 Å². The van der Waals surface area contributed by atoms with Crippen LogP contribution in [0.1, 0.15) is 6.42 Å². The van der Waals surface area contributed by atoms with E-state index in [0.717, 1.165) is 33.0 Å². The summed E-state index contributed by atoms with van der Waals surface area (Å²) < 4.78 is 5.94. The fourth-order valence-corrected chi connectivity index (χ4v) is 3.87. The lowest BCUT2D eigenvalue weighted by molar-refractivity contribution is 0.452. The van der Waals surface area contributed by atoms with Crippen LogP contribution in [0.2, 0.25) is 0 Å². The van der Waals surface area contributed by atoms with Crippen LogP contribution >= 0.6 is 15.9 Å². The first-order valence-corrected chi connectivity index (χ1v) is 9.59. The Bertz CT molecular complexity index is 1000. The minimum atomic E-state index is 0.268. The molecule has 4 rings (SSSR count). The summed E-state index contributed by atoms with van der Waals surface area (Å²) in [7, 11) is 0.695. The molecule has 0 saturated heterocycles. The molecule has 0 spiro atoms. The number of anilines is 2. The molecule has 133 valence electrons. The summed E-state index contributed by atoms with van der Waals surface area (Å²) >= 11 is 3.51. The monoisotopic (exact) mass is 418 g/mol. The van der Waals surface area contributed by atoms with Crippen molar-refractivity contribution in [3.05, 3.63) is 89.4 Å². The van der Waals surface area contributed by atoms with E-state index in [1.807, 2.05) is 18.2 Å².